The zero-order valence-electron chi connectivity index (χ0n) is 26.1. The molecule has 0 aliphatic carbocycles. The van der Waals surface area contributed by atoms with Crippen molar-refractivity contribution in [2.75, 3.05) is 24.6 Å². The van der Waals surface area contributed by atoms with E-state index >= 15 is 0 Å². The number of benzene rings is 6. The van der Waals surface area contributed by atoms with E-state index in [-0.39, 0.29) is 24.3 Å². The Kier molecular flexibility index (Phi) is 10.7. The summed E-state index contributed by atoms with van der Waals surface area (Å²) in [5, 5.41) is 40.2. The highest BCUT2D eigenvalue weighted by Gasteiger charge is 2.18. The molecule has 0 aliphatic heterocycles. The summed E-state index contributed by atoms with van der Waals surface area (Å²) < 4.78 is 0. The molecule has 0 saturated heterocycles. The Hall–Kier alpha value is -5.06. The van der Waals surface area contributed by atoms with Crippen molar-refractivity contribution >= 4 is 87.9 Å². The van der Waals surface area contributed by atoms with Crippen LogP contribution in [0.1, 0.15) is 11.1 Å². The van der Waals surface area contributed by atoms with Crippen LogP contribution in [0.25, 0.3) is 43.1 Å². The zero-order chi connectivity index (χ0) is 33.3. The lowest BCUT2D eigenvalue weighted by Crippen LogP contribution is -2.34. The molecular formula is C38H34N4O4S2. The van der Waals surface area contributed by atoms with Crippen molar-refractivity contribution in [3.05, 3.63) is 120 Å². The SMILES string of the molecule is O=C(NCCSSCCNC(=O)C(Cc1c2ccccc2cc2ccccc12)=NO)C(Cc1c2ccccc2cc2ccccc12)=NO. The maximum atomic E-state index is 12.9. The third-order valence-electron chi connectivity index (χ3n) is 8.24. The van der Waals surface area contributed by atoms with Gasteiger partial charge in [0.25, 0.3) is 11.8 Å². The maximum Gasteiger partial charge on any atom is 0.269 e. The van der Waals surface area contributed by atoms with Crippen LogP contribution >= 0.6 is 21.6 Å². The Morgan fingerprint density at radius 3 is 1.15 bits per heavy atom. The third-order valence-corrected chi connectivity index (χ3v) is 10.7. The number of fused-ring (bicyclic) bond motifs is 4. The monoisotopic (exact) mass is 674 g/mol. The van der Waals surface area contributed by atoms with Crippen LogP contribution in [0.15, 0.2) is 120 Å². The minimum absolute atomic E-state index is 0.0507. The zero-order valence-corrected chi connectivity index (χ0v) is 27.7. The fourth-order valence-corrected chi connectivity index (χ4v) is 7.80. The Labute approximate surface area is 285 Å². The minimum Gasteiger partial charge on any atom is -0.410 e. The Morgan fingerprint density at radius 2 is 0.833 bits per heavy atom. The van der Waals surface area contributed by atoms with Crippen LogP contribution in [0.5, 0.6) is 0 Å². The number of nitrogens with zero attached hydrogens (tertiary/aromatic N) is 2. The fourth-order valence-electron chi connectivity index (χ4n) is 5.99. The molecule has 0 aromatic heterocycles. The van der Waals surface area contributed by atoms with Crippen LogP contribution in [0.2, 0.25) is 0 Å². The molecule has 0 aliphatic rings. The Balaban J connectivity index is 0.957. The topological polar surface area (TPSA) is 123 Å². The average Bonchev–Trinajstić information content (AvgIpc) is 3.12. The number of rotatable bonds is 13. The summed E-state index contributed by atoms with van der Waals surface area (Å²) in [6.07, 6.45) is 0.392. The van der Waals surface area contributed by atoms with E-state index in [1.807, 2.05) is 97.1 Å². The van der Waals surface area contributed by atoms with Crippen LogP contribution in [0, 0.1) is 0 Å². The predicted octanol–water partition coefficient (Wildman–Crippen LogP) is 7.36. The molecule has 0 spiro atoms. The number of carbonyl (C=O) groups is 2. The van der Waals surface area contributed by atoms with E-state index < -0.39 is 11.8 Å². The molecule has 6 aromatic rings. The van der Waals surface area contributed by atoms with E-state index in [0.717, 1.165) is 54.2 Å². The molecular weight excluding hydrogens is 641 g/mol. The van der Waals surface area contributed by atoms with Gasteiger partial charge < -0.3 is 21.0 Å². The first kappa shape index (κ1) is 32.9. The van der Waals surface area contributed by atoms with Crippen molar-refractivity contribution in [2.45, 2.75) is 12.8 Å². The molecule has 0 atom stereocenters. The summed E-state index contributed by atoms with van der Waals surface area (Å²) in [5.41, 5.74) is 1.99. The molecule has 8 nitrogen and oxygen atoms in total. The number of carbonyl (C=O) groups excluding carboxylic acids is 2. The molecule has 0 bridgehead atoms. The molecule has 0 unspecified atom stereocenters. The predicted molar refractivity (Wildman–Crippen MR) is 200 cm³/mol. The maximum absolute atomic E-state index is 12.9. The van der Waals surface area contributed by atoms with Crippen LogP contribution < -0.4 is 10.6 Å². The van der Waals surface area contributed by atoms with E-state index in [9.17, 15) is 20.0 Å². The van der Waals surface area contributed by atoms with Crippen molar-refractivity contribution in [1.82, 2.24) is 10.6 Å². The molecule has 6 rings (SSSR count). The number of nitrogens with one attached hydrogen (secondary N) is 2. The van der Waals surface area contributed by atoms with Crippen molar-refractivity contribution in [2.24, 2.45) is 10.3 Å². The van der Waals surface area contributed by atoms with E-state index in [2.05, 4.69) is 33.1 Å². The third kappa shape index (κ3) is 7.40. The summed E-state index contributed by atoms with van der Waals surface area (Å²) in [5.74, 6) is 0.416. The molecule has 0 saturated carbocycles. The van der Waals surface area contributed by atoms with Gasteiger partial charge in [-0.2, -0.15) is 0 Å². The van der Waals surface area contributed by atoms with Gasteiger partial charge in [-0.3, -0.25) is 9.59 Å². The summed E-state index contributed by atoms with van der Waals surface area (Å²) in [4.78, 5) is 25.9. The number of oxime groups is 2. The number of hydrogen-bond acceptors (Lipinski definition) is 8. The molecule has 2 amide bonds. The fraction of sp³-hybridized carbons (Fsp3) is 0.158. The lowest BCUT2D eigenvalue weighted by molar-refractivity contribution is -0.115. The van der Waals surface area contributed by atoms with Gasteiger partial charge in [-0.15, -0.1) is 0 Å². The van der Waals surface area contributed by atoms with Gasteiger partial charge in [0.2, 0.25) is 0 Å². The highest BCUT2D eigenvalue weighted by molar-refractivity contribution is 8.76. The Bertz CT molecular complexity index is 1920. The first-order chi connectivity index (χ1) is 23.6. The molecule has 242 valence electrons. The smallest absolute Gasteiger partial charge is 0.269 e. The van der Waals surface area contributed by atoms with Gasteiger partial charge in [0, 0.05) is 37.4 Å². The molecule has 10 heteroatoms. The van der Waals surface area contributed by atoms with E-state index in [1.54, 1.807) is 21.6 Å². The first-order valence-electron chi connectivity index (χ1n) is 15.6. The van der Waals surface area contributed by atoms with Gasteiger partial charge in [-0.1, -0.05) is 129 Å². The molecule has 0 fully saturated rings. The molecule has 6 aromatic carbocycles. The number of amides is 2. The van der Waals surface area contributed by atoms with E-state index in [1.165, 1.54) is 0 Å². The van der Waals surface area contributed by atoms with Gasteiger partial charge in [0.15, 0.2) is 0 Å². The molecule has 0 heterocycles. The second-order valence-electron chi connectivity index (χ2n) is 11.2. The normalized spacial score (nSPS) is 12.2. The highest BCUT2D eigenvalue weighted by Crippen LogP contribution is 2.30. The van der Waals surface area contributed by atoms with Crippen molar-refractivity contribution in [3.8, 4) is 0 Å². The second kappa shape index (κ2) is 15.7. The van der Waals surface area contributed by atoms with Gasteiger partial charge >= 0.3 is 0 Å². The molecule has 4 N–H and O–H groups in total. The second-order valence-corrected chi connectivity index (χ2v) is 13.9. The Morgan fingerprint density at radius 1 is 0.521 bits per heavy atom. The van der Waals surface area contributed by atoms with Crippen LogP contribution in [0.4, 0.5) is 0 Å². The molecule has 0 radical (unpaired) electrons. The van der Waals surface area contributed by atoms with Gasteiger partial charge in [-0.25, -0.2) is 0 Å². The van der Waals surface area contributed by atoms with Crippen LogP contribution in [-0.4, -0.2) is 58.2 Å². The summed E-state index contributed by atoms with van der Waals surface area (Å²) >= 11 is 0. The lowest BCUT2D eigenvalue weighted by Gasteiger charge is -2.13. The summed E-state index contributed by atoms with van der Waals surface area (Å²) in [6, 6.07) is 36.2. The largest absolute Gasteiger partial charge is 0.410 e. The van der Waals surface area contributed by atoms with Gasteiger partial charge in [0.05, 0.1) is 0 Å². The van der Waals surface area contributed by atoms with Gasteiger partial charge in [0.1, 0.15) is 11.4 Å². The molecule has 48 heavy (non-hydrogen) atoms. The highest BCUT2D eigenvalue weighted by atomic mass is 33.1. The minimum atomic E-state index is -0.415. The summed E-state index contributed by atoms with van der Waals surface area (Å²) in [7, 11) is 3.12. The summed E-state index contributed by atoms with van der Waals surface area (Å²) in [6.45, 7) is 0.775. The standard InChI is InChI=1S/C38H34N4O4S2/c43-37(35(41-45)23-33-29-13-5-1-9-25(29)21-26-10-2-6-14-30(26)33)39-17-19-47-48-20-18-40-38(44)36(42-46)24-34-31-15-7-3-11-27(31)22-28-12-4-8-16-32(28)34/h1-16,21-22,45-46H,17-20,23-24H2,(H,39,43)(H,40,44). The van der Waals surface area contributed by atoms with E-state index in [0.29, 0.717) is 24.6 Å². The quantitative estimate of drug-likeness (QED) is 0.0254. The van der Waals surface area contributed by atoms with Crippen molar-refractivity contribution < 1.29 is 20.0 Å². The van der Waals surface area contributed by atoms with Crippen LogP contribution in [-0.2, 0) is 22.4 Å². The van der Waals surface area contributed by atoms with Gasteiger partial charge in [-0.05, 0) is 66.3 Å². The average molecular weight is 675 g/mol. The number of hydrogen-bond donors (Lipinski definition) is 4. The lowest BCUT2D eigenvalue weighted by atomic mass is 9.93. The van der Waals surface area contributed by atoms with E-state index in [4.69, 9.17) is 0 Å². The van der Waals surface area contributed by atoms with Crippen molar-refractivity contribution in [1.29, 1.82) is 0 Å². The van der Waals surface area contributed by atoms with Crippen LogP contribution in [0.3, 0.4) is 0 Å². The van der Waals surface area contributed by atoms with Crippen molar-refractivity contribution in [3.63, 3.8) is 0 Å². The first-order valence-corrected chi connectivity index (χ1v) is 18.1.